The Kier molecular flexibility index (Phi) is 8.04. The van der Waals surface area contributed by atoms with Gasteiger partial charge in [0.2, 0.25) is 11.8 Å². The lowest BCUT2D eigenvalue weighted by Gasteiger charge is -2.31. The second-order valence-corrected chi connectivity index (χ2v) is 8.77. The van der Waals surface area contributed by atoms with Gasteiger partial charge >= 0.3 is 0 Å². The molecular weight excluding hydrogens is 376 g/mol. The van der Waals surface area contributed by atoms with Gasteiger partial charge in [0.15, 0.2) is 0 Å². The molecule has 5 nitrogen and oxygen atoms in total. The highest BCUT2D eigenvalue weighted by Crippen LogP contribution is 2.17. The van der Waals surface area contributed by atoms with Crippen molar-refractivity contribution in [2.45, 2.75) is 65.6 Å². The predicted octanol–water partition coefficient (Wildman–Crippen LogP) is 4.27. The number of methoxy groups -OCH3 is 1. The zero-order chi connectivity index (χ0) is 22.3. The molecule has 30 heavy (non-hydrogen) atoms. The predicted molar refractivity (Wildman–Crippen MR) is 120 cm³/mol. The van der Waals surface area contributed by atoms with Gasteiger partial charge in [-0.25, -0.2) is 0 Å². The number of aryl methyl sites for hydroxylation is 2. The van der Waals surface area contributed by atoms with Crippen LogP contribution >= 0.6 is 0 Å². The Morgan fingerprint density at radius 2 is 1.57 bits per heavy atom. The molecule has 2 aromatic rings. The monoisotopic (exact) mass is 410 g/mol. The highest BCUT2D eigenvalue weighted by atomic mass is 16.5. The second kappa shape index (κ2) is 10.3. The van der Waals surface area contributed by atoms with Crippen molar-refractivity contribution in [1.82, 2.24) is 10.2 Å². The topological polar surface area (TPSA) is 58.6 Å². The minimum atomic E-state index is -0.572. The van der Waals surface area contributed by atoms with E-state index in [0.29, 0.717) is 19.4 Å². The number of rotatable bonds is 8. The largest absolute Gasteiger partial charge is 0.497 e. The number of hydrogen-bond donors (Lipinski definition) is 1. The molecule has 0 aromatic heterocycles. The average Bonchev–Trinajstić information content (AvgIpc) is 2.70. The third kappa shape index (κ3) is 7.21. The molecule has 2 rings (SSSR count). The van der Waals surface area contributed by atoms with Crippen molar-refractivity contribution in [3.63, 3.8) is 0 Å². The molecule has 0 saturated carbocycles. The van der Waals surface area contributed by atoms with E-state index in [1.54, 1.807) is 18.9 Å². The van der Waals surface area contributed by atoms with Crippen molar-refractivity contribution in [2.75, 3.05) is 7.11 Å². The summed E-state index contributed by atoms with van der Waals surface area (Å²) in [5, 5.41) is 2.99. The molecule has 0 spiro atoms. The van der Waals surface area contributed by atoms with Gasteiger partial charge in [-0.15, -0.1) is 0 Å². The van der Waals surface area contributed by atoms with Crippen LogP contribution < -0.4 is 10.1 Å². The van der Waals surface area contributed by atoms with Gasteiger partial charge in [0.05, 0.1) is 7.11 Å². The summed E-state index contributed by atoms with van der Waals surface area (Å²) >= 11 is 0. The molecule has 5 heteroatoms. The number of hydrogen-bond acceptors (Lipinski definition) is 3. The van der Waals surface area contributed by atoms with Crippen LogP contribution in [0.1, 0.15) is 50.8 Å². The number of nitrogens with zero attached hydrogens (tertiary/aromatic N) is 1. The van der Waals surface area contributed by atoms with E-state index in [0.717, 1.165) is 16.9 Å². The van der Waals surface area contributed by atoms with Crippen molar-refractivity contribution in [3.05, 3.63) is 65.2 Å². The lowest BCUT2D eigenvalue weighted by atomic mass is 10.1. The van der Waals surface area contributed by atoms with Crippen LogP contribution in [-0.4, -0.2) is 35.4 Å². The first-order valence-electron chi connectivity index (χ1n) is 10.4. The van der Waals surface area contributed by atoms with Crippen molar-refractivity contribution < 1.29 is 14.3 Å². The summed E-state index contributed by atoms with van der Waals surface area (Å²) in [6.07, 6.45) is 0.998. The summed E-state index contributed by atoms with van der Waals surface area (Å²) in [6.45, 7) is 10.0. The number of carbonyl (C=O) groups is 2. The fourth-order valence-corrected chi connectivity index (χ4v) is 3.13. The molecule has 0 radical (unpaired) electrons. The number of carbonyl (C=O) groups excluding carboxylic acids is 2. The Morgan fingerprint density at radius 1 is 1.00 bits per heavy atom. The molecular formula is C25H34N2O3. The van der Waals surface area contributed by atoms with Crippen molar-refractivity contribution >= 4 is 11.8 Å². The molecule has 1 atom stereocenters. The smallest absolute Gasteiger partial charge is 0.242 e. The van der Waals surface area contributed by atoms with Crippen LogP contribution in [-0.2, 0) is 22.6 Å². The van der Waals surface area contributed by atoms with Crippen LogP contribution in [0.3, 0.4) is 0 Å². The first kappa shape index (κ1) is 23.5. The van der Waals surface area contributed by atoms with Gasteiger partial charge in [-0.3, -0.25) is 9.59 Å². The normalized spacial score (nSPS) is 12.2. The summed E-state index contributed by atoms with van der Waals surface area (Å²) in [5.74, 6) is 0.567. The average molecular weight is 411 g/mol. The molecule has 0 aliphatic heterocycles. The van der Waals surface area contributed by atoms with E-state index in [1.807, 2.05) is 76.2 Å². The van der Waals surface area contributed by atoms with E-state index in [1.165, 1.54) is 5.56 Å². The van der Waals surface area contributed by atoms with Crippen LogP contribution in [0.5, 0.6) is 5.75 Å². The minimum Gasteiger partial charge on any atom is -0.497 e. The molecule has 162 valence electrons. The van der Waals surface area contributed by atoms with E-state index in [4.69, 9.17) is 4.74 Å². The lowest BCUT2D eigenvalue weighted by Crippen LogP contribution is -2.52. The van der Waals surface area contributed by atoms with Gasteiger partial charge in [-0.05, 0) is 64.3 Å². The van der Waals surface area contributed by atoms with Crippen molar-refractivity contribution in [3.8, 4) is 5.75 Å². The van der Waals surface area contributed by atoms with Gasteiger partial charge in [0, 0.05) is 18.5 Å². The van der Waals surface area contributed by atoms with Crippen molar-refractivity contribution in [2.24, 2.45) is 0 Å². The van der Waals surface area contributed by atoms with Crippen LogP contribution in [0.15, 0.2) is 48.5 Å². The summed E-state index contributed by atoms with van der Waals surface area (Å²) < 4.78 is 5.21. The Balaban J connectivity index is 2.16. The summed E-state index contributed by atoms with van der Waals surface area (Å²) in [5.41, 5.74) is 2.90. The van der Waals surface area contributed by atoms with Crippen LogP contribution in [0.2, 0.25) is 0 Å². The fourth-order valence-electron chi connectivity index (χ4n) is 3.13. The maximum absolute atomic E-state index is 13.1. The van der Waals surface area contributed by atoms with Gasteiger partial charge in [-0.1, -0.05) is 42.0 Å². The number of nitrogens with one attached hydrogen (secondary N) is 1. The molecule has 0 aliphatic carbocycles. The number of amides is 2. The quantitative estimate of drug-likeness (QED) is 0.707. The zero-order valence-corrected chi connectivity index (χ0v) is 19.0. The van der Waals surface area contributed by atoms with E-state index < -0.39 is 6.04 Å². The molecule has 0 aliphatic rings. The van der Waals surface area contributed by atoms with Gasteiger partial charge < -0.3 is 15.0 Å². The van der Waals surface area contributed by atoms with E-state index >= 15 is 0 Å². The van der Waals surface area contributed by atoms with E-state index in [9.17, 15) is 9.59 Å². The molecule has 0 unspecified atom stereocenters. The van der Waals surface area contributed by atoms with Gasteiger partial charge in [0.1, 0.15) is 11.8 Å². The maximum Gasteiger partial charge on any atom is 0.242 e. The number of ether oxygens (including phenoxy) is 1. The summed E-state index contributed by atoms with van der Waals surface area (Å²) in [4.78, 5) is 27.6. The van der Waals surface area contributed by atoms with Crippen LogP contribution in [0.25, 0.3) is 0 Å². The first-order valence-corrected chi connectivity index (χ1v) is 10.4. The highest BCUT2D eigenvalue weighted by molar-refractivity contribution is 5.87. The summed E-state index contributed by atoms with van der Waals surface area (Å²) in [6, 6.07) is 15.2. The zero-order valence-electron chi connectivity index (χ0n) is 19.0. The Morgan fingerprint density at radius 3 is 2.10 bits per heavy atom. The lowest BCUT2D eigenvalue weighted by molar-refractivity contribution is -0.141. The number of benzene rings is 2. The SMILES string of the molecule is COc1ccc(CN(C(=O)CCc2ccc(C)cc2)[C@@H](C)C(=O)NC(C)(C)C)cc1. The van der Waals surface area contributed by atoms with Gasteiger partial charge in [-0.2, -0.15) is 0 Å². The van der Waals surface area contributed by atoms with Gasteiger partial charge in [0.25, 0.3) is 0 Å². The Labute approximate surface area is 180 Å². The fraction of sp³-hybridized carbons (Fsp3) is 0.440. The highest BCUT2D eigenvalue weighted by Gasteiger charge is 2.28. The minimum absolute atomic E-state index is 0.0389. The third-order valence-corrected chi connectivity index (χ3v) is 4.93. The second-order valence-electron chi connectivity index (χ2n) is 8.77. The molecule has 1 N–H and O–H groups in total. The molecule has 0 heterocycles. The van der Waals surface area contributed by atoms with E-state index in [2.05, 4.69) is 5.32 Å². The molecule has 2 amide bonds. The standard InChI is InChI=1S/C25H34N2O3/c1-18-7-9-20(10-8-18)13-16-23(28)27(19(2)24(29)26-25(3,4)5)17-21-11-14-22(30-6)15-12-21/h7-12,14-15,19H,13,16-17H2,1-6H3,(H,26,29)/t19-/m0/s1. The third-order valence-electron chi connectivity index (χ3n) is 4.93. The van der Waals surface area contributed by atoms with Crippen molar-refractivity contribution in [1.29, 1.82) is 0 Å². The summed E-state index contributed by atoms with van der Waals surface area (Å²) in [7, 11) is 1.62. The molecule has 0 fully saturated rings. The van der Waals surface area contributed by atoms with Crippen LogP contribution in [0, 0.1) is 6.92 Å². The molecule has 2 aromatic carbocycles. The Hall–Kier alpha value is -2.82. The molecule has 0 saturated heterocycles. The molecule has 0 bridgehead atoms. The van der Waals surface area contributed by atoms with E-state index in [-0.39, 0.29) is 17.4 Å². The Bertz CT molecular complexity index is 836. The van der Waals surface area contributed by atoms with Crippen LogP contribution in [0.4, 0.5) is 0 Å². The first-order chi connectivity index (χ1) is 14.1. The maximum atomic E-state index is 13.1.